The Morgan fingerprint density at radius 1 is 1.12 bits per heavy atom. The van der Waals surface area contributed by atoms with Crippen molar-refractivity contribution in [3.05, 3.63) is 54.1 Å². The zero-order valence-electron chi connectivity index (χ0n) is 8.61. The minimum absolute atomic E-state index is 0.193. The average Bonchev–Trinajstić information content (AvgIpc) is 2.30. The molecule has 0 fully saturated rings. The van der Waals surface area contributed by atoms with Crippen LogP contribution in [0.3, 0.4) is 0 Å². The number of phenols is 1. The van der Waals surface area contributed by atoms with Crippen LogP contribution in [0, 0.1) is 0 Å². The fourth-order valence-corrected chi connectivity index (χ4v) is 1.48. The third kappa shape index (κ3) is 2.55. The van der Waals surface area contributed by atoms with E-state index in [-0.39, 0.29) is 5.75 Å². The van der Waals surface area contributed by atoms with Crippen molar-refractivity contribution in [2.75, 3.05) is 0 Å². The molecular weight excluding hydrogens is 204 g/mol. The molecule has 1 atom stereocenters. The largest absolute Gasteiger partial charge is 0.508 e. The van der Waals surface area contributed by atoms with E-state index in [1.165, 1.54) is 0 Å². The van der Waals surface area contributed by atoms with Crippen molar-refractivity contribution >= 4 is 0 Å². The van der Waals surface area contributed by atoms with Crippen LogP contribution in [0.25, 0.3) is 0 Å². The Morgan fingerprint density at radius 2 is 1.88 bits per heavy atom. The van der Waals surface area contributed by atoms with E-state index in [1.54, 1.807) is 36.7 Å². The Kier molecular flexibility index (Phi) is 3.12. The highest BCUT2D eigenvalue weighted by Gasteiger charge is 2.10. The molecule has 2 aromatic rings. The van der Waals surface area contributed by atoms with Gasteiger partial charge in [0.15, 0.2) is 5.82 Å². The number of nitrogens with zero attached hydrogens (tertiary/aromatic N) is 2. The van der Waals surface area contributed by atoms with Gasteiger partial charge in [-0.25, -0.2) is 9.97 Å². The molecule has 0 saturated carbocycles. The van der Waals surface area contributed by atoms with Gasteiger partial charge in [0.1, 0.15) is 11.9 Å². The van der Waals surface area contributed by atoms with Crippen molar-refractivity contribution < 1.29 is 10.2 Å². The first-order valence-electron chi connectivity index (χ1n) is 4.98. The van der Waals surface area contributed by atoms with E-state index in [9.17, 15) is 10.2 Å². The van der Waals surface area contributed by atoms with E-state index in [1.807, 2.05) is 6.07 Å². The average molecular weight is 216 g/mol. The van der Waals surface area contributed by atoms with E-state index in [4.69, 9.17) is 0 Å². The molecule has 1 heterocycles. The molecule has 2 rings (SSSR count). The van der Waals surface area contributed by atoms with Crippen LogP contribution in [0.1, 0.15) is 17.5 Å². The number of hydrogen-bond acceptors (Lipinski definition) is 4. The third-order valence-electron chi connectivity index (χ3n) is 2.22. The highest BCUT2D eigenvalue weighted by molar-refractivity contribution is 5.27. The van der Waals surface area contributed by atoms with E-state index in [0.717, 1.165) is 5.56 Å². The Balaban J connectivity index is 2.11. The first-order valence-corrected chi connectivity index (χ1v) is 4.98. The lowest BCUT2D eigenvalue weighted by atomic mass is 10.1. The predicted molar refractivity (Wildman–Crippen MR) is 58.8 cm³/mol. The topological polar surface area (TPSA) is 66.2 Å². The first-order chi connectivity index (χ1) is 7.75. The molecule has 0 amide bonds. The molecular formula is C12H12N2O2. The second-order valence-electron chi connectivity index (χ2n) is 3.50. The molecule has 0 aliphatic heterocycles. The normalized spacial score (nSPS) is 12.3. The highest BCUT2D eigenvalue weighted by Crippen LogP contribution is 2.17. The van der Waals surface area contributed by atoms with Gasteiger partial charge in [0.05, 0.1) is 0 Å². The number of rotatable bonds is 3. The minimum Gasteiger partial charge on any atom is -0.508 e. The molecule has 82 valence electrons. The molecule has 4 nitrogen and oxygen atoms in total. The number of aliphatic hydroxyl groups is 1. The number of hydrogen-bond donors (Lipinski definition) is 2. The standard InChI is InChI=1S/C12H12N2O2/c15-10-4-1-3-9(7-10)8-11(16)12-13-5-2-6-14-12/h1-7,11,15-16H,8H2. The highest BCUT2D eigenvalue weighted by atomic mass is 16.3. The summed E-state index contributed by atoms with van der Waals surface area (Å²) in [4.78, 5) is 7.95. The summed E-state index contributed by atoms with van der Waals surface area (Å²) in [7, 11) is 0. The second kappa shape index (κ2) is 4.72. The van der Waals surface area contributed by atoms with Gasteiger partial charge in [-0.1, -0.05) is 12.1 Å². The molecule has 1 unspecified atom stereocenters. The number of benzene rings is 1. The maximum atomic E-state index is 9.86. The Hall–Kier alpha value is -1.94. The number of aliphatic hydroxyl groups excluding tert-OH is 1. The van der Waals surface area contributed by atoms with E-state index in [2.05, 4.69) is 9.97 Å². The van der Waals surface area contributed by atoms with Gasteiger partial charge in [-0.15, -0.1) is 0 Å². The molecule has 0 saturated heterocycles. The number of aromatic hydroxyl groups is 1. The van der Waals surface area contributed by atoms with Crippen LogP contribution in [0.15, 0.2) is 42.7 Å². The zero-order chi connectivity index (χ0) is 11.4. The van der Waals surface area contributed by atoms with E-state index in [0.29, 0.717) is 12.2 Å². The van der Waals surface area contributed by atoms with Gasteiger partial charge in [-0.3, -0.25) is 0 Å². The molecule has 1 aromatic heterocycles. The van der Waals surface area contributed by atoms with Crippen molar-refractivity contribution in [1.82, 2.24) is 9.97 Å². The van der Waals surface area contributed by atoms with Crippen LogP contribution in [-0.2, 0) is 6.42 Å². The molecule has 2 N–H and O–H groups in total. The van der Waals surface area contributed by atoms with Crippen molar-refractivity contribution in [3.8, 4) is 5.75 Å². The van der Waals surface area contributed by atoms with Gasteiger partial charge < -0.3 is 10.2 Å². The second-order valence-corrected chi connectivity index (χ2v) is 3.50. The molecule has 0 spiro atoms. The van der Waals surface area contributed by atoms with Gasteiger partial charge in [0.2, 0.25) is 0 Å². The molecule has 0 radical (unpaired) electrons. The summed E-state index contributed by atoms with van der Waals surface area (Å²) in [6.07, 6.45) is 2.82. The fraction of sp³-hybridized carbons (Fsp3) is 0.167. The van der Waals surface area contributed by atoms with Crippen LogP contribution in [0.2, 0.25) is 0 Å². The maximum absolute atomic E-state index is 9.86. The van der Waals surface area contributed by atoms with Gasteiger partial charge >= 0.3 is 0 Å². The molecule has 0 aliphatic rings. The molecule has 0 aliphatic carbocycles. The summed E-state index contributed by atoms with van der Waals surface area (Å²) >= 11 is 0. The molecule has 1 aromatic carbocycles. The molecule has 4 heteroatoms. The Bertz CT molecular complexity index is 460. The number of aromatic nitrogens is 2. The lowest BCUT2D eigenvalue weighted by Crippen LogP contribution is -2.05. The van der Waals surface area contributed by atoms with Gasteiger partial charge in [0, 0.05) is 18.8 Å². The van der Waals surface area contributed by atoms with Crippen molar-refractivity contribution in [2.45, 2.75) is 12.5 Å². The van der Waals surface area contributed by atoms with Crippen LogP contribution >= 0.6 is 0 Å². The smallest absolute Gasteiger partial charge is 0.157 e. The van der Waals surface area contributed by atoms with Crippen molar-refractivity contribution in [2.24, 2.45) is 0 Å². The Labute approximate surface area is 93.2 Å². The monoisotopic (exact) mass is 216 g/mol. The maximum Gasteiger partial charge on any atom is 0.157 e. The van der Waals surface area contributed by atoms with Gasteiger partial charge in [0.25, 0.3) is 0 Å². The molecule has 16 heavy (non-hydrogen) atoms. The van der Waals surface area contributed by atoms with E-state index < -0.39 is 6.10 Å². The minimum atomic E-state index is -0.747. The van der Waals surface area contributed by atoms with Crippen molar-refractivity contribution in [1.29, 1.82) is 0 Å². The van der Waals surface area contributed by atoms with Crippen LogP contribution in [0.5, 0.6) is 5.75 Å². The molecule has 0 bridgehead atoms. The van der Waals surface area contributed by atoms with Crippen LogP contribution in [0.4, 0.5) is 0 Å². The quantitative estimate of drug-likeness (QED) is 0.815. The van der Waals surface area contributed by atoms with Crippen LogP contribution in [-0.4, -0.2) is 20.2 Å². The number of phenolic OH excluding ortho intramolecular Hbond substituents is 1. The predicted octanol–water partition coefficient (Wildman–Crippen LogP) is 1.46. The summed E-state index contributed by atoms with van der Waals surface area (Å²) in [5.74, 6) is 0.588. The summed E-state index contributed by atoms with van der Waals surface area (Å²) in [5.41, 5.74) is 0.847. The first kappa shape index (κ1) is 10.6. The van der Waals surface area contributed by atoms with E-state index >= 15 is 0 Å². The summed E-state index contributed by atoms with van der Waals surface area (Å²) in [6.45, 7) is 0. The lowest BCUT2D eigenvalue weighted by molar-refractivity contribution is 0.168. The summed E-state index contributed by atoms with van der Waals surface area (Å²) in [6, 6.07) is 8.49. The lowest BCUT2D eigenvalue weighted by Gasteiger charge is -2.08. The Morgan fingerprint density at radius 3 is 2.56 bits per heavy atom. The summed E-state index contributed by atoms with van der Waals surface area (Å²) < 4.78 is 0. The summed E-state index contributed by atoms with van der Waals surface area (Å²) in [5, 5.41) is 19.1. The zero-order valence-corrected chi connectivity index (χ0v) is 8.61. The van der Waals surface area contributed by atoms with Crippen molar-refractivity contribution in [3.63, 3.8) is 0 Å². The third-order valence-corrected chi connectivity index (χ3v) is 2.22. The SMILES string of the molecule is Oc1cccc(CC(O)c2ncccn2)c1. The van der Waals surface area contributed by atoms with Gasteiger partial charge in [-0.2, -0.15) is 0 Å². The van der Waals surface area contributed by atoms with Crippen LogP contribution < -0.4 is 0 Å². The fourth-order valence-electron chi connectivity index (χ4n) is 1.48. The van der Waals surface area contributed by atoms with Gasteiger partial charge in [-0.05, 0) is 23.8 Å².